The predicted octanol–water partition coefficient (Wildman–Crippen LogP) is 5.86. The minimum atomic E-state index is -0.396. The zero-order valence-electron chi connectivity index (χ0n) is 18.6. The number of rotatable bonds is 8. The highest BCUT2D eigenvalue weighted by atomic mass is 32.2. The lowest BCUT2D eigenvalue weighted by molar-refractivity contribution is 0.146. The van der Waals surface area contributed by atoms with Gasteiger partial charge in [-0.05, 0) is 42.5 Å². The summed E-state index contributed by atoms with van der Waals surface area (Å²) >= 11 is 2.95. The lowest BCUT2D eigenvalue weighted by atomic mass is 10.1. The minimum Gasteiger partial charge on any atom is -0.490 e. The minimum absolute atomic E-state index is 0.341. The first-order chi connectivity index (χ1) is 17.1. The SMILES string of the molecule is COCCOc1cc2nccc(Sc3ccc(NC(=O)Nc4cccc(C#N)c4)s3)c2cc1C#N. The highest BCUT2D eigenvalue weighted by Crippen LogP contribution is 2.39. The number of fused-ring (bicyclic) bond motifs is 1. The van der Waals surface area contributed by atoms with Crippen LogP contribution in [0.3, 0.4) is 0 Å². The number of aromatic nitrogens is 1. The summed E-state index contributed by atoms with van der Waals surface area (Å²) in [7, 11) is 1.59. The molecule has 35 heavy (non-hydrogen) atoms. The van der Waals surface area contributed by atoms with Crippen molar-refractivity contribution >= 4 is 50.7 Å². The second-order valence-electron chi connectivity index (χ2n) is 7.12. The second kappa shape index (κ2) is 11.4. The Hall–Kier alpha value is -4.09. The van der Waals surface area contributed by atoms with Crippen molar-refractivity contribution < 1.29 is 14.3 Å². The van der Waals surface area contributed by atoms with Crippen LogP contribution in [0.2, 0.25) is 0 Å². The number of nitrogens with one attached hydrogen (secondary N) is 2. The van der Waals surface area contributed by atoms with E-state index in [9.17, 15) is 10.1 Å². The van der Waals surface area contributed by atoms with Crippen LogP contribution in [0.25, 0.3) is 10.9 Å². The zero-order valence-corrected chi connectivity index (χ0v) is 20.2. The van der Waals surface area contributed by atoms with Crippen molar-refractivity contribution in [3.63, 3.8) is 0 Å². The van der Waals surface area contributed by atoms with E-state index in [0.717, 1.165) is 20.0 Å². The molecule has 0 fully saturated rings. The third kappa shape index (κ3) is 6.08. The van der Waals surface area contributed by atoms with Gasteiger partial charge in [-0.25, -0.2) is 4.79 Å². The highest BCUT2D eigenvalue weighted by Gasteiger charge is 2.13. The molecular formula is C25H19N5O3S2. The van der Waals surface area contributed by atoms with E-state index in [1.165, 1.54) is 23.1 Å². The van der Waals surface area contributed by atoms with Crippen molar-refractivity contribution in [2.75, 3.05) is 31.0 Å². The van der Waals surface area contributed by atoms with Crippen molar-refractivity contribution in [2.45, 2.75) is 9.10 Å². The number of methoxy groups -OCH3 is 1. The van der Waals surface area contributed by atoms with Crippen LogP contribution in [0.1, 0.15) is 11.1 Å². The molecule has 2 amide bonds. The Morgan fingerprint density at radius 1 is 1.09 bits per heavy atom. The Kier molecular flexibility index (Phi) is 7.81. The number of pyridine rings is 1. The molecular weight excluding hydrogens is 482 g/mol. The van der Waals surface area contributed by atoms with Gasteiger partial charge in [0.1, 0.15) is 18.4 Å². The molecule has 0 unspecified atom stereocenters. The molecule has 4 aromatic rings. The van der Waals surface area contributed by atoms with Crippen LogP contribution in [-0.4, -0.2) is 31.3 Å². The Balaban J connectivity index is 1.48. The number of urea groups is 1. The summed E-state index contributed by atoms with van der Waals surface area (Å²) in [5, 5.41) is 25.6. The van der Waals surface area contributed by atoms with E-state index in [4.69, 9.17) is 14.7 Å². The van der Waals surface area contributed by atoms with Gasteiger partial charge in [0.15, 0.2) is 0 Å². The van der Waals surface area contributed by atoms with Crippen LogP contribution in [0.5, 0.6) is 5.75 Å². The molecule has 0 saturated heterocycles. The van der Waals surface area contributed by atoms with Gasteiger partial charge in [0.25, 0.3) is 0 Å². The standard InChI is InChI=1S/C25H19N5O3S2/c1-32-9-10-33-21-13-20-19(12-17(21)15-27)22(7-8-28-20)34-24-6-5-23(35-24)30-25(31)29-18-4-2-3-16(11-18)14-26/h2-8,11-13H,9-10H2,1H3,(H2,29,30,31). The second-order valence-corrected chi connectivity index (χ2v) is 9.55. The number of benzene rings is 2. The quantitative estimate of drug-likeness (QED) is 0.290. The van der Waals surface area contributed by atoms with E-state index in [1.54, 1.807) is 49.7 Å². The van der Waals surface area contributed by atoms with Gasteiger partial charge in [-0.1, -0.05) is 17.8 Å². The van der Waals surface area contributed by atoms with E-state index in [1.807, 2.05) is 24.3 Å². The number of carbonyl (C=O) groups excluding carboxylic acids is 1. The average molecular weight is 502 g/mol. The Labute approximate surface area is 210 Å². The highest BCUT2D eigenvalue weighted by molar-refractivity contribution is 8.01. The van der Waals surface area contributed by atoms with Gasteiger partial charge in [0.05, 0.1) is 38.5 Å². The van der Waals surface area contributed by atoms with Crippen LogP contribution < -0.4 is 15.4 Å². The topological polar surface area (TPSA) is 120 Å². The fourth-order valence-electron chi connectivity index (χ4n) is 3.17. The van der Waals surface area contributed by atoms with E-state index in [2.05, 4.69) is 21.7 Å². The summed E-state index contributed by atoms with van der Waals surface area (Å²) in [6.45, 7) is 0.763. The fourth-order valence-corrected chi connectivity index (χ4v) is 5.26. The molecule has 2 N–H and O–H groups in total. The number of anilines is 2. The number of hydrogen-bond acceptors (Lipinski definition) is 8. The third-order valence-electron chi connectivity index (χ3n) is 4.75. The van der Waals surface area contributed by atoms with Gasteiger partial charge in [0, 0.05) is 35.3 Å². The van der Waals surface area contributed by atoms with Crippen LogP contribution in [0.15, 0.2) is 69.9 Å². The first-order valence-electron chi connectivity index (χ1n) is 10.4. The Morgan fingerprint density at radius 3 is 2.77 bits per heavy atom. The summed E-state index contributed by atoms with van der Waals surface area (Å²) in [5.74, 6) is 0.473. The molecule has 0 aliphatic heterocycles. The Morgan fingerprint density at radius 2 is 1.97 bits per heavy atom. The summed E-state index contributed by atoms with van der Waals surface area (Å²) in [6, 6.07) is 19.7. The lowest BCUT2D eigenvalue weighted by Crippen LogP contribution is -2.18. The van der Waals surface area contributed by atoms with E-state index in [0.29, 0.717) is 40.8 Å². The molecule has 2 aromatic carbocycles. The normalized spacial score (nSPS) is 10.4. The monoisotopic (exact) mass is 501 g/mol. The zero-order chi connectivity index (χ0) is 24.6. The molecule has 0 saturated carbocycles. The number of nitriles is 2. The van der Waals surface area contributed by atoms with Crippen LogP contribution in [-0.2, 0) is 4.74 Å². The van der Waals surface area contributed by atoms with Gasteiger partial charge < -0.3 is 14.8 Å². The third-order valence-corrected chi connectivity index (χ3v) is 6.96. The van der Waals surface area contributed by atoms with Crippen molar-refractivity contribution in [3.05, 3.63) is 71.9 Å². The molecule has 0 spiro atoms. The smallest absolute Gasteiger partial charge is 0.324 e. The molecule has 4 rings (SSSR count). The number of hydrogen-bond donors (Lipinski definition) is 2. The maximum absolute atomic E-state index is 12.4. The first-order valence-corrected chi connectivity index (χ1v) is 12.0. The maximum Gasteiger partial charge on any atom is 0.324 e. The van der Waals surface area contributed by atoms with Crippen LogP contribution in [0, 0.1) is 22.7 Å². The summed E-state index contributed by atoms with van der Waals surface area (Å²) in [5.41, 5.74) is 2.15. The van der Waals surface area contributed by atoms with Crippen molar-refractivity contribution in [3.8, 4) is 17.9 Å². The molecule has 2 heterocycles. The Bertz CT molecular complexity index is 1460. The van der Waals surface area contributed by atoms with Gasteiger partial charge in [-0.15, -0.1) is 11.3 Å². The number of thiophene rings is 1. The molecule has 0 bridgehead atoms. The summed E-state index contributed by atoms with van der Waals surface area (Å²) in [6.07, 6.45) is 1.71. The van der Waals surface area contributed by atoms with Gasteiger partial charge in [-0.3, -0.25) is 10.3 Å². The summed E-state index contributed by atoms with van der Waals surface area (Å²) in [4.78, 5) is 17.7. The van der Waals surface area contributed by atoms with Gasteiger partial charge >= 0.3 is 6.03 Å². The van der Waals surface area contributed by atoms with Gasteiger partial charge in [0.2, 0.25) is 0 Å². The number of amides is 2. The van der Waals surface area contributed by atoms with Crippen molar-refractivity contribution in [2.24, 2.45) is 0 Å². The summed E-state index contributed by atoms with van der Waals surface area (Å²) < 4.78 is 11.6. The molecule has 2 aromatic heterocycles. The van der Waals surface area contributed by atoms with E-state index < -0.39 is 6.03 Å². The van der Waals surface area contributed by atoms with Crippen LogP contribution >= 0.6 is 23.1 Å². The molecule has 0 atom stereocenters. The van der Waals surface area contributed by atoms with Crippen molar-refractivity contribution in [1.29, 1.82) is 10.5 Å². The lowest BCUT2D eigenvalue weighted by Gasteiger charge is -2.10. The predicted molar refractivity (Wildman–Crippen MR) is 136 cm³/mol. The number of ether oxygens (including phenoxy) is 2. The molecule has 174 valence electrons. The first kappa shape index (κ1) is 24.0. The number of nitrogens with zero attached hydrogens (tertiary/aromatic N) is 3. The molecule has 8 nitrogen and oxygen atoms in total. The van der Waals surface area contributed by atoms with E-state index in [-0.39, 0.29) is 0 Å². The maximum atomic E-state index is 12.4. The molecule has 0 aliphatic carbocycles. The number of carbonyl (C=O) groups is 1. The van der Waals surface area contributed by atoms with Gasteiger partial charge in [-0.2, -0.15) is 10.5 Å². The largest absolute Gasteiger partial charge is 0.490 e. The molecule has 10 heteroatoms. The van der Waals surface area contributed by atoms with Crippen LogP contribution in [0.4, 0.5) is 15.5 Å². The van der Waals surface area contributed by atoms with Crippen molar-refractivity contribution in [1.82, 2.24) is 4.98 Å². The average Bonchev–Trinajstić information content (AvgIpc) is 3.30. The molecule has 0 radical (unpaired) electrons. The fraction of sp³-hybridized carbons (Fsp3) is 0.120. The van der Waals surface area contributed by atoms with E-state index >= 15 is 0 Å². The molecule has 0 aliphatic rings.